The first-order valence-electron chi connectivity index (χ1n) is 6.00. The summed E-state index contributed by atoms with van der Waals surface area (Å²) < 4.78 is 18.9. The van der Waals surface area contributed by atoms with Gasteiger partial charge in [0.25, 0.3) is 0 Å². The van der Waals surface area contributed by atoms with E-state index in [1.165, 1.54) is 13.0 Å². The number of carbonyl (C=O) groups is 1. The molecule has 1 aromatic carbocycles. The Kier molecular flexibility index (Phi) is 5.13. The van der Waals surface area contributed by atoms with Crippen molar-refractivity contribution in [2.45, 2.75) is 40.0 Å². The van der Waals surface area contributed by atoms with E-state index >= 15 is 0 Å². The standard InChI is InChI=1S/C14H19FO2/c1-4-5-6-7-17-14-8-10(2)13(15)9-12(14)11(3)16/h8-9H,4-7H2,1-3H3. The van der Waals surface area contributed by atoms with Gasteiger partial charge in [-0.2, -0.15) is 0 Å². The third-order valence-electron chi connectivity index (χ3n) is 2.65. The highest BCUT2D eigenvalue weighted by Gasteiger charge is 2.12. The lowest BCUT2D eigenvalue weighted by atomic mass is 10.1. The second-order valence-corrected chi connectivity index (χ2v) is 4.21. The van der Waals surface area contributed by atoms with E-state index in [2.05, 4.69) is 6.92 Å². The second kappa shape index (κ2) is 6.38. The van der Waals surface area contributed by atoms with Gasteiger partial charge in [-0.05, 0) is 38.0 Å². The highest BCUT2D eigenvalue weighted by Crippen LogP contribution is 2.23. The maximum atomic E-state index is 13.4. The Morgan fingerprint density at radius 1 is 1.35 bits per heavy atom. The van der Waals surface area contributed by atoms with Gasteiger partial charge in [0.1, 0.15) is 11.6 Å². The van der Waals surface area contributed by atoms with Crippen LogP contribution in [0.15, 0.2) is 12.1 Å². The fraction of sp³-hybridized carbons (Fsp3) is 0.500. The van der Waals surface area contributed by atoms with E-state index in [9.17, 15) is 9.18 Å². The van der Waals surface area contributed by atoms with Crippen molar-refractivity contribution in [3.05, 3.63) is 29.1 Å². The molecule has 0 heterocycles. The van der Waals surface area contributed by atoms with E-state index in [1.54, 1.807) is 13.0 Å². The van der Waals surface area contributed by atoms with Crippen LogP contribution >= 0.6 is 0 Å². The molecule has 2 nitrogen and oxygen atoms in total. The van der Waals surface area contributed by atoms with Gasteiger partial charge in [0, 0.05) is 0 Å². The second-order valence-electron chi connectivity index (χ2n) is 4.21. The number of hydrogen-bond donors (Lipinski definition) is 0. The number of carbonyl (C=O) groups excluding carboxylic acids is 1. The fourth-order valence-electron chi connectivity index (χ4n) is 1.58. The number of rotatable bonds is 6. The quantitative estimate of drug-likeness (QED) is 0.555. The first-order chi connectivity index (χ1) is 8.06. The van der Waals surface area contributed by atoms with Gasteiger partial charge < -0.3 is 4.74 Å². The highest BCUT2D eigenvalue weighted by atomic mass is 19.1. The molecule has 94 valence electrons. The van der Waals surface area contributed by atoms with Gasteiger partial charge in [-0.25, -0.2) is 4.39 Å². The monoisotopic (exact) mass is 238 g/mol. The molecule has 0 aliphatic rings. The molecule has 0 amide bonds. The minimum Gasteiger partial charge on any atom is -0.493 e. The van der Waals surface area contributed by atoms with Crippen LogP contribution in [0.2, 0.25) is 0 Å². The molecule has 0 unspecified atom stereocenters. The molecule has 3 heteroatoms. The van der Waals surface area contributed by atoms with E-state index in [1.807, 2.05) is 0 Å². The Bertz CT molecular complexity index is 399. The van der Waals surface area contributed by atoms with Crippen LogP contribution in [-0.4, -0.2) is 12.4 Å². The summed E-state index contributed by atoms with van der Waals surface area (Å²) in [6.07, 6.45) is 3.16. The lowest BCUT2D eigenvalue weighted by Gasteiger charge is -2.11. The van der Waals surface area contributed by atoms with Crippen molar-refractivity contribution in [3.8, 4) is 5.75 Å². The molecular formula is C14H19FO2. The molecule has 0 radical (unpaired) electrons. The molecule has 0 aliphatic heterocycles. The summed E-state index contributed by atoms with van der Waals surface area (Å²) >= 11 is 0. The molecule has 0 saturated heterocycles. The summed E-state index contributed by atoms with van der Waals surface area (Å²) in [5.74, 6) is -0.0435. The maximum absolute atomic E-state index is 13.4. The van der Waals surface area contributed by atoms with Gasteiger partial charge in [-0.15, -0.1) is 0 Å². The SMILES string of the molecule is CCCCCOc1cc(C)c(F)cc1C(C)=O. The van der Waals surface area contributed by atoms with Crippen molar-refractivity contribution in [1.29, 1.82) is 0 Å². The summed E-state index contributed by atoms with van der Waals surface area (Å²) in [6.45, 7) is 5.77. The van der Waals surface area contributed by atoms with Crippen LogP contribution in [0.1, 0.15) is 49.0 Å². The Morgan fingerprint density at radius 3 is 2.65 bits per heavy atom. The smallest absolute Gasteiger partial charge is 0.163 e. The molecule has 1 aromatic rings. The third-order valence-corrected chi connectivity index (χ3v) is 2.65. The van der Waals surface area contributed by atoms with Gasteiger partial charge in [0.15, 0.2) is 5.78 Å². The largest absolute Gasteiger partial charge is 0.493 e. The average Bonchev–Trinajstić information content (AvgIpc) is 2.28. The Balaban J connectivity index is 2.81. The Morgan fingerprint density at radius 2 is 2.06 bits per heavy atom. The average molecular weight is 238 g/mol. The van der Waals surface area contributed by atoms with Crippen molar-refractivity contribution in [1.82, 2.24) is 0 Å². The van der Waals surface area contributed by atoms with E-state index in [4.69, 9.17) is 4.74 Å². The van der Waals surface area contributed by atoms with Crippen molar-refractivity contribution in [3.63, 3.8) is 0 Å². The lowest BCUT2D eigenvalue weighted by molar-refractivity contribution is 0.101. The van der Waals surface area contributed by atoms with Crippen molar-refractivity contribution in [2.24, 2.45) is 0 Å². The van der Waals surface area contributed by atoms with Crippen LogP contribution < -0.4 is 4.74 Å². The number of ketones is 1. The van der Waals surface area contributed by atoms with Crippen LogP contribution in [0.5, 0.6) is 5.75 Å². The lowest BCUT2D eigenvalue weighted by Crippen LogP contribution is -2.04. The molecule has 0 bridgehead atoms. The minimum absolute atomic E-state index is 0.172. The first-order valence-corrected chi connectivity index (χ1v) is 6.00. The zero-order valence-corrected chi connectivity index (χ0v) is 10.7. The molecule has 0 fully saturated rings. The van der Waals surface area contributed by atoms with Gasteiger partial charge >= 0.3 is 0 Å². The first kappa shape index (κ1) is 13.7. The summed E-state index contributed by atoms with van der Waals surface area (Å²) in [7, 11) is 0. The van der Waals surface area contributed by atoms with Gasteiger partial charge in [0.2, 0.25) is 0 Å². The number of benzene rings is 1. The molecule has 17 heavy (non-hydrogen) atoms. The van der Waals surface area contributed by atoms with E-state index in [0.717, 1.165) is 19.3 Å². The summed E-state index contributed by atoms with van der Waals surface area (Å²) in [5, 5.41) is 0. The number of halogens is 1. The predicted octanol–water partition coefficient (Wildman–Crippen LogP) is 3.91. The number of unbranched alkanes of at least 4 members (excludes halogenated alkanes) is 2. The Hall–Kier alpha value is -1.38. The van der Waals surface area contributed by atoms with E-state index < -0.39 is 0 Å². The van der Waals surface area contributed by atoms with Crippen LogP contribution in [-0.2, 0) is 0 Å². The number of ether oxygens (including phenoxy) is 1. The molecule has 0 atom stereocenters. The van der Waals surface area contributed by atoms with Crippen molar-refractivity contribution < 1.29 is 13.9 Å². The summed E-state index contributed by atoms with van der Waals surface area (Å²) in [4.78, 5) is 11.4. The van der Waals surface area contributed by atoms with E-state index in [0.29, 0.717) is 23.5 Å². The molecule has 0 saturated carbocycles. The molecule has 0 spiro atoms. The summed E-state index contributed by atoms with van der Waals surface area (Å²) in [5.41, 5.74) is 0.824. The zero-order valence-electron chi connectivity index (χ0n) is 10.7. The van der Waals surface area contributed by atoms with Crippen LogP contribution in [0.25, 0.3) is 0 Å². The zero-order chi connectivity index (χ0) is 12.8. The summed E-state index contributed by atoms with van der Waals surface area (Å²) in [6, 6.07) is 2.85. The van der Waals surface area contributed by atoms with E-state index in [-0.39, 0.29) is 11.6 Å². The predicted molar refractivity (Wildman–Crippen MR) is 66.2 cm³/mol. The fourth-order valence-corrected chi connectivity index (χ4v) is 1.58. The van der Waals surface area contributed by atoms with Crippen molar-refractivity contribution in [2.75, 3.05) is 6.61 Å². The molecule has 0 N–H and O–H groups in total. The Labute approximate surface area is 102 Å². The molecule has 1 rings (SSSR count). The van der Waals surface area contributed by atoms with Crippen LogP contribution in [0.4, 0.5) is 4.39 Å². The highest BCUT2D eigenvalue weighted by molar-refractivity contribution is 5.96. The number of Topliss-reactive ketones (excluding diaryl/α,β-unsaturated/α-hetero) is 1. The van der Waals surface area contributed by atoms with Gasteiger partial charge in [0.05, 0.1) is 12.2 Å². The van der Waals surface area contributed by atoms with Gasteiger partial charge in [-0.3, -0.25) is 4.79 Å². The minimum atomic E-state index is -0.365. The molecule has 0 aromatic heterocycles. The number of hydrogen-bond acceptors (Lipinski definition) is 2. The topological polar surface area (TPSA) is 26.3 Å². The normalized spacial score (nSPS) is 10.4. The van der Waals surface area contributed by atoms with Crippen LogP contribution in [0, 0.1) is 12.7 Å². The number of aryl methyl sites for hydroxylation is 1. The van der Waals surface area contributed by atoms with Gasteiger partial charge in [-0.1, -0.05) is 19.8 Å². The molecule has 0 aliphatic carbocycles. The van der Waals surface area contributed by atoms with Crippen molar-refractivity contribution >= 4 is 5.78 Å². The molecular weight excluding hydrogens is 219 g/mol. The van der Waals surface area contributed by atoms with Crippen LogP contribution in [0.3, 0.4) is 0 Å². The third kappa shape index (κ3) is 3.84. The maximum Gasteiger partial charge on any atom is 0.163 e.